The summed E-state index contributed by atoms with van der Waals surface area (Å²) in [6.45, 7) is 2.12. The van der Waals surface area contributed by atoms with E-state index in [0.29, 0.717) is 5.02 Å². The lowest BCUT2D eigenvalue weighted by atomic mass is 9.99. The molecule has 0 aromatic heterocycles. The zero-order valence-electron chi connectivity index (χ0n) is 13.1. The first kappa shape index (κ1) is 16.8. The maximum atomic E-state index is 11.9. The van der Waals surface area contributed by atoms with Gasteiger partial charge in [-0.15, -0.1) is 0 Å². The van der Waals surface area contributed by atoms with Crippen LogP contribution in [0.3, 0.4) is 0 Å². The summed E-state index contributed by atoms with van der Waals surface area (Å²) in [4.78, 5) is 11.9. The van der Waals surface area contributed by atoms with Crippen LogP contribution in [0.2, 0.25) is 5.02 Å². The third kappa shape index (κ3) is 5.34. The molecular weight excluding hydrogens is 298 g/mol. The highest BCUT2D eigenvalue weighted by molar-refractivity contribution is 6.31. The number of benzene rings is 1. The topological polar surface area (TPSA) is 53.5 Å². The molecule has 22 heavy (non-hydrogen) atoms. The van der Waals surface area contributed by atoms with Gasteiger partial charge in [-0.2, -0.15) is 5.10 Å². The summed E-state index contributed by atoms with van der Waals surface area (Å²) in [5, 5.41) is 8.08. The Morgan fingerprint density at radius 3 is 2.59 bits per heavy atom. The van der Waals surface area contributed by atoms with Crippen molar-refractivity contribution in [3.05, 3.63) is 28.8 Å². The van der Waals surface area contributed by atoms with Gasteiger partial charge in [0.05, 0.1) is 6.54 Å². The molecular formula is C17H24ClN3O. The Bertz CT molecular complexity index is 533. The summed E-state index contributed by atoms with van der Waals surface area (Å²) >= 11 is 6.06. The Morgan fingerprint density at radius 2 is 1.86 bits per heavy atom. The van der Waals surface area contributed by atoms with Gasteiger partial charge in [-0.05, 0) is 50.3 Å². The number of hydrogen-bond donors (Lipinski definition) is 2. The van der Waals surface area contributed by atoms with Gasteiger partial charge in [0, 0.05) is 16.4 Å². The standard InChI is InChI=1S/C17H24ClN3O/c1-13-15(18)10-7-11-16(13)19-12-17(22)21-20-14-8-5-3-2-4-6-9-14/h7,10-11,19H,2-6,8-9,12H2,1H3,(H,21,22). The monoisotopic (exact) mass is 321 g/mol. The van der Waals surface area contributed by atoms with Crippen molar-refractivity contribution < 1.29 is 4.79 Å². The van der Waals surface area contributed by atoms with Crippen LogP contribution >= 0.6 is 11.6 Å². The first-order valence-corrected chi connectivity index (χ1v) is 8.38. The minimum atomic E-state index is -0.131. The second-order valence-electron chi connectivity index (χ2n) is 5.75. The van der Waals surface area contributed by atoms with Crippen LogP contribution in [0.5, 0.6) is 0 Å². The molecule has 0 aliphatic heterocycles. The molecule has 0 bridgehead atoms. The number of nitrogens with zero attached hydrogens (tertiary/aromatic N) is 1. The zero-order chi connectivity index (χ0) is 15.8. The van der Waals surface area contributed by atoms with Gasteiger partial charge in [0.1, 0.15) is 0 Å². The van der Waals surface area contributed by atoms with Gasteiger partial charge >= 0.3 is 0 Å². The number of carbonyl (C=O) groups excluding carboxylic acids is 1. The fraction of sp³-hybridized carbons (Fsp3) is 0.529. The van der Waals surface area contributed by atoms with E-state index in [9.17, 15) is 4.79 Å². The van der Waals surface area contributed by atoms with Crippen LogP contribution < -0.4 is 10.7 Å². The minimum Gasteiger partial charge on any atom is -0.376 e. The summed E-state index contributed by atoms with van der Waals surface area (Å²) in [5.74, 6) is -0.131. The molecule has 0 unspecified atom stereocenters. The Labute approximate surface area is 137 Å². The number of anilines is 1. The van der Waals surface area contributed by atoms with E-state index in [1.807, 2.05) is 25.1 Å². The number of halogens is 1. The number of hydrogen-bond acceptors (Lipinski definition) is 3. The molecule has 2 rings (SSSR count). The van der Waals surface area contributed by atoms with Gasteiger partial charge in [-0.25, -0.2) is 5.43 Å². The molecule has 1 fully saturated rings. The van der Waals surface area contributed by atoms with E-state index in [4.69, 9.17) is 11.6 Å². The molecule has 2 N–H and O–H groups in total. The predicted molar refractivity (Wildman–Crippen MR) is 92.6 cm³/mol. The molecule has 0 atom stereocenters. The number of amides is 1. The lowest BCUT2D eigenvalue weighted by Gasteiger charge is -2.12. The van der Waals surface area contributed by atoms with E-state index in [-0.39, 0.29) is 12.5 Å². The maximum Gasteiger partial charge on any atom is 0.259 e. The third-order valence-corrected chi connectivity index (χ3v) is 4.39. The molecule has 1 aromatic carbocycles. The number of rotatable bonds is 4. The lowest BCUT2D eigenvalue weighted by molar-refractivity contribution is -0.119. The van der Waals surface area contributed by atoms with E-state index in [0.717, 1.165) is 29.8 Å². The van der Waals surface area contributed by atoms with E-state index < -0.39 is 0 Å². The highest BCUT2D eigenvalue weighted by Crippen LogP contribution is 2.22. The fourth-order valence-electron chi connectivity index (χ4n) is 2.58. The van der Waals surface area contributed by atoms with E-state index in [1.165, 1.54) is 32.1 Å². The van der Waals surface area contributed by atoms with Crippen molar-refractivity contribution in [1.29, 1.82) is 0 Å². The SMILES string of the molecule is Cc1c(Cl)cccc1NCC(=O)NN=C1CCCCCCC1. The van der Waals surface area contributed by atoms with Gasteiger partial charge < -0.3 is 5.32 Å². The average Bonchev–Trinajstić information content (AvgIpc) is 2.47. The van der Waals surface area contributed by atoms with Crippen LogP contribution in [0.4, 0.5) is 5.69 Å². The fourth-order valence-corrected chi connectivity index (χ4v) is 2.76. The Hall–Kier alpha value is -1.55. The Kier molecular flexibility index (Phi) is 6.72. The molecule has 4 nitrogen and oxygen atoms in total. The van der Waals surface area contributed by atoms with Crippen molar-refractivity contribution in [2.45, 2.75) is 51.9 Å². The third-order valence-electron chi connectivity index (χ3n) is 3.98. The Morgan fingerprint density at radius 1 is 1.18 bits per heavy atom. The van der Waals surface area contributed by atoms with Crippen molar-refractivity contribution >= 4 is 28.9 Å². The molecule has 1 aromatic rings. The summed E-state index contributed by atoms with van der Waals surface area (Å²) in [7, 11) is 0. The van der Waals surface area contributed by atoms with Gasteiger partial charge in [0.2, 0.25) is 0 Å². The predicted octanol–water partition coefficient (Wildman–Crippen LogP) is 4.28. The first-order valence-electron chi connectivity index (χ1n) is 8.00. The van der Waals surface area contributed by atoms with Crippen molar-refractivity contribution in [1.82, 2.24) is 5.43 Å². The van der Waals surface area contributed by atoms with Crippen LogP contribution in [0.15, 0.2) is 23.3 Å². The summed E-state index contributed by atoms with van der Waals surface area (Å²) in [5.41, 5.74) is 5.60. The van der Waals surface area contributed by atoms with Crippen LogP contribution in [-0.2, 0) is 4.79 Å². The molecule has 1 amide bonds. The molecule has 0 radical (unpaired) electrons. The smallest absolute Gasteiger partial charge is 0.259 e. The second-order valence-corrected chi connectivity index (χ2v) is 6.15. The van der Waals surface area contributed by atoms with Gasteiger partial charge in [0.15, 0.2) is 0 Å². The number of carbonyl (C=O) groups is 1. The van der Waals surface area contributed by atoms with Crippen LogP contribution in [0.1, 0.15) is 50.5 Å². The van der Waals surface area contributed by atoms with E-state index >= 15 is 0 Å². The molecule has 0 heterocycles. The van der Waals surface area contributed by atoms with Gasteiger partial charge in [0.25, 0.3) is 5.91 Å². The zero-order valence-corrected chi connectivity index (χ0v) is 13.9. The van der Waals surface area contributed by atoms with Crippen LogP contribution in [0.25, 0.3) is 0 Å². The van der Waals surface area contributed by atoms with Crippen LogP contribution in [0, 0.1) is 6.92 Å². The molecule has 1 saturated carbocycles. The Balaban J connectivity index is 1.81. The van der Waals surface area contributed by atoms with Crippen molar-refractivity contribution in [3.63, 3.8) is 0 Å². The normalized spacial score (nSPS) is 15.6. The van der Waals surface area contributed by atoms with E-state index in [1.54, 1.807) is 0 Å². The lowest BCUT2D eigenvalue weighted by Crippen LogP contribution is -2.27. The number of hydrazone groups is 1. The average molecular weight is 322 g/mol. The molecule has 120 valence electrons. The van der Waals surface area contributed by atoms with Crippen molar-refractivity contribution in [3.8, 4) is 0 Å². The highest BCUT2D eigenvalue weighted by Gasteiger charge is 2.07. The molecule has 1 aliphatic carbocycles. The van der Waals surface area contributed by atoms with Crippen molar-refractivity contribution in [2.24, 2.45) is 5.10 Å². The molecule has 0 saturated heterocycles. The molecule has 5 heteroatoms. The number of nitrogens with one attached hydrogen (secondary N) is 2. The maximum absolute atomic E-state index is 11.9. The summed E-state index contributed by atoms with van der Waals surface area (Å²) < 4.78 is 0. The summed E-state index contributed by atoms with van der Waals surface area (Å²) in [6.07, 6.45) is 8.21. The summed E-state index contributed by atoms with van der Waals surface area (Å²) in [6, 6.07) is 5.61. The minimum absolute atomic E-state index is 0.131. The van der Waals surface area contributed by atoms with Gasteiger partial charge in [-0.1, -0.05) is 36.9 Å². The second kappa shape index (κ2) is 8.79. The quantitative estimate of drug-likeness (QED) is 0.813. The van der Waals surface area contributed by atoms with Crippen molar-refractivity contribution in [2.75, 3.05) is 11.9 Å². The van der Waals surface area contributed by atoms with Gasteiger partial charge in [-0.3, -0.25) is 4.79 Å². The molecule has 0 spiro atoms. The van der Waals surface area contributed by atoms with E-state index in [2.05, 4.69) is 15.8 Å². The first-order chi connectivity index (χ1) is 10.7. The van der Waals surface area contributed by atoms with Crippen LogP contribution in [-0.4, -0.2) is 18.2 Å². The molecule has 1 aliphatic rings. The highest BCUT2D eigenvalue weighted by atomic mass is 35.5. The largest absolute Gasteiger partial charge is 0.376 e.